The molecule has 0 saturated heterocycles. The molecule has 4 rings (SSSR count). The highest BCUT2D eigenvalue weighted by Gasteiger charge is 2.59. The van der Waals surface area contributed by atoms with Crippen LogP contribution in [0.4, 0.5) is 0 Å². The molecule has 0 heterocycles. The number of fused-ring (bicyclic) bond motifs is 5. The molecule has 0 bridgehead atoms. The van der Waals surface area contributed by atoms with Gasteiger partial charge in [-0.15, -0.1) is 0 Å². The lowest BCUT2D eigenvalue weighted by Gasteiger charge is -2.58. The molecule has 4 aliphatic rings. The van der Waals surface area contributed by atoms with Crippen molar-refractivity contribution in [3.05, 3.63) is 11.6 Å². The molecule has 4 aliphatic carbocycles. The van der Waals surface area contributed by atoms with Crippen molar-refractivity contribution in [2.75, 3.05) is 0 Å². The SMILES string of the molecule is C.C.C.CC[C@]12CCC(=O)C=C1CC[C@@H]1[C@@H]2CC[C@]2(C)C(=O)CC[C@@H]12. The van der Waals surface area contributed by atoms with Gasteiger partial charge in [-0.1, -0.05) is 41.7 Å². The highest BCUT2D eigenvalue weighted by Crippen LogP contribution is 2.65. The Hall–Kier alpha value is -0.920. The predicted octanol–water partition coefficient (Wildman–Crippen LogP) is 6.39. The first-order valence-corrected chi connectivity index (χ1v) is 9.28. The van der Waals surface area contributed by atoms with Crippen molar-refractivity contribution in [3.63, 3.8) is 0 Å². The maximum absolute atomic E-state index is 12.4. The second-order valence-electron chi connectivity index (χ2n) is 8.48. The van der Waals surface area contributed by atoms with Crippen LogP contribution in [0.3, 0.4) is 0 Å². The highest BCUT2D eigenvalue weighted by atomic mass is 16.1. The molecule has 3 saturated carbocycles. The summed E-state index contributed by atoms with van der Waals surface area (Å²) >= 11 is 0. The number of Topliss-reactive ketones (excluding diaryl/α,β-unsaturated/α-hetero) is 1. The van der Waals surface area contributed by atoms with E-state index in [1.807, 2.05) is 6.08 Å². The van der Waals surface area contributed by atoms with Gasteiger partial charge in [0.05, 0.1) is 0 Å². The Balaban J connectivity index is 0.00000104. The summed E-state index contributed by atoms with van der Waals surface area (Å²) < 4.78 is 0. The predicted molar refractivity (Wildman–Crippen MR) is 107 cm³/mol. The van der Waals surface area contributed by atoms with E-state index in [4.69, 9.17) is 0 Å². The first-order chi connectivity index (χ1) is 10.5. The number of allylic oxidation sites excluding steroid dienone is 1. The Morgan fingerprint density at radius 2 is 1.68 bits per heavy atom. The van der Waals surface area contributed by atoms with E-state index in [1.165, 1.54) is 24.8 Å². The van der Waals surface area contributed by atoms with Crippen molar-refractivity contribution in [2.24, 2.45) is 28.6 Å². The second kappa shape index (κ2) is 7.37. The molecule has 0 amide bonds. The average Bonchev–Trinajstić information content (AvgIpc) is 2.82. The van der Waals surface area contributed by atoms with Gasteiger partial charge in [0.1, 0.15) is 5.78 Å². The molecule has 3 fully saturated rings. The third kappa shape index (κ3) is 2.84. The van der Waals surface area contributed by atoms with Crippen LogP contribution in [0.15, 0.2) is 11.6 Å². The number of carbonyl (C=O) groups is 2. The Morgan fingerprint density at radius 1 is 0.960 bits per heavy atom. The molecule has 144 valence electrons. The smallest absolute Gasteiger partial charge is 0.155 e. The third-order valence-electron chi connectivity index (χ3n) is 8.03. The molecule has 5 atom stereocenters. The van der Waals surface area contributed by atoms with Gasteiger partial charge in [-0.05, 0) is 74.2 Å². The first kappa shape index (κ1) is 22.1. The van der Waals surface area contributed by atoms with Crippen LogP contribution in [0.5, 0.6) is 0 Å². The second-order valence-corrected chi connectivity index (χ2v) is 8.48. The van der Waals surface area contributed by atoms with E-state index in [2.05, 4.69) is 13.8 Å². The van der Waals surface area contributed by atoms with E-state index in [1.54, 1.807) is 0 Å². The molecule has 0 aromatic carbocycles. The fraction of sp³-hybridized carbons (Fsp3) is 0.826. The van der Waals surface area contributed by atoms with Crippen LogP contribution in [-0.2, 0) is 9.59 Å². The molecule has 2 heteroatoms. The summed E-state index contributed by atoms with van der Waals surface area (Å²) in [4.78, 5) is 24.3. The number of carbonyl (C=O) groups excluding carboxylic acids is 2. The summed E-state index contributed by atoms with van der Waals surface area (Å²) in [5.41, 5.74) is 1.71. The number of hydrogen-bond acceptors (Lipinski definition) is 2. The Bertz CT molecular complexity index is 560. The van der Waals surface area contributed by atoms with Crippen LogP contribution in [0, 0.1) is 28.6 Å². The van der Waals surface area contributed by atoms with E-state index >= 15 is 0 Å². The molecular weight excluding hydrogens is 308 g/mol. The van der Waals surface area contributed by atoms with Crippen LogP contribution in [-0.4, -0.2) is 11.6 Å². The number of hydrogen-bond donors (Lipinski definition) is 0. The van der Waals surface area contributed by atoms with E-state index in [0.717, 1.165) is 50.4 Å². The van der Waals surface area contributed by atoms with Gasteiger partial charge in [-0.25, -0.2) is 0 Å². The largest absolute Gasteiger partial charge is 0.299 e. The van der Waals surface area contributed by atoms with Crippen molar-refractivity contribution >= 4 is 11.6 Å². The zero-order valence-corrected chi connectivity index (χ0v) is 14.0. The molecule has 0 spiro atoms. The van der Waals surface area contributed by atoms with Gasteiger partial charge in [0, 0.05) is 18.3 Å². The van der Waals surface area contributed by atoms with Crippen LogP contribution in [0.1, 0.15) is 93.9 Å². The van der Waals surface area contributed by atoms with E-state index in [-0.39, 0.29) is 33.1 Å². The third-order valence-corrected chi connectivity index (χ3v) is 8.03. The minimum absolute atomic E-state index is 0. The van der Waals surface area contributed by atoms with Crippen molar-refractivity contribution in [2.45, 2.75) is 93.9 Å². The topological polar surface area (TPSA) is 34.1 Å². The van der Waals surface area contributed by atoms with Gasteiger partial charge in [0.2, 0.25) is 0 Å². The minimum atomic E-state index is -0.0260. The van der Waals surface area contributed by atoms with Crippen LogP contribution >= 0.6 is 0 Å². The molecular formula is C23H40O2. The fourth-order valence-corrected chi connectivity index (χ4v) is 6.80. The summed E-state index contributed by atoms with van der Waals surface area (Å²) in [6.45, 7) is 4.57. The monoisotopic (exact) mass is 348 g/mol. The zero-order chi connectivity index (χ0) is 15.5. The maximum atomic E-state index is 12.4. The van der Waals surface area contributed by atoms with Crippen molar-refractivity contribution in [3.8, 4) is 0 Å². The van der Waals surface area contributed by atoms with Gasteiger partial charge in [-0.2, -0.15) is 0 Å². The maximum Gasteiger partial charge on any atom is 0.155 e. The van der Waals surface area contributed by atoms with Crippen molar-refractivity contribution in [1.82, 2.24) is 0 Å². The Labute approximate surface area is 155 Å². The van der Waals surface area contributed by atoms with Crippen molar-refractivity contribution < 1.29 is 9.59 Å². The summed E-state index contributed by atoms with van der Waals surface area (Å²) in [6, 6.07) is 0. The summed E-state index contributed by atoms with van der Waals surface area (Å²) in [5.74, 6) is 2.92. The number of ketones is 2. The van der Waals surface area contributed by atoms with Crippen LogP contribution in [0.2, 0.25) is 0 Å². The van der Waals surface area contributed by atoms with Gasteiger partial charge >= 0.3 is 0 Å². The normalized spacial score (nSPS) is 41.8. The first-order valence-electron chi connectivity index (χ1n) is 9.28. The molecule has 0 aromatic rings. The fourth-order valence-electron chi connectivity index (χ4n) is 6.80. The van der Waals surface area contributed by atoms with Gasteiger partial charge in [0.15, 0.2) is 5.78 Å². The van der Waals surface area contributed by atoms with Crippen molar-refractivity contribution in [1.29, 1.82) is 0 Å². The van der Waals surface area contributed by atoms with Gasteiger partial charge < -0.3 is 0 Å². The minimum Gasteiger partial charge on any atom is -0.299 e. The Kier molecular flexibility index (Phi) is 6.52. The van der Waals surface area contributed by atoms with Crippen LogP contribution in [0.25, 0.3) is 0 Å². The van der Waals surface area contributed by atoms with Gasteiger partial charge in [0.25, 0.3) is 0 Å². The van der Waals surface area contributed by atoms with Crippen LogP contribution < -0.4 is 0 Å². The molecule has 0 N–H and O–H groups in total. The summed E-state index contributed by atoms with van der Waals surface area (Å²) in [5, 5.41) is 0. The molecule has 2 nitrogen and oxygen atoms in total. The summed E-state index contributed by atoms with van der Waals surface area (Å²) in [6.07, 6.45) is 11.5. The highest BCUT2D eigenvalue weighted by molar-refractivity contribution is 5.91. The molecule has 25 heavy (non-hydrogen) atoms. The van der Waals surface area contributed by atoms with E-state index in [9.17, 15) is 9.59 Å². The standard InChI is InChI=1S/C20H28O2.3CH4/c1-3-20-11-8-14(21)12-13(20)4-5-15-16-6-7-18(22)19(16,2)10-9-17(15)20;;;/h12,15-17H,3-11H2,1-2H3;3*1H4/t15-,16-,17-,19-,20-;;;/m0.../s1. The zero-order valence-electron chi connectivity index (χ0n) is 14.0. The van der Waals surface area contributed by atoms with E-state index in [0.29, 0.717) is 17.5 Å². The lowest BCUT2D eigenvalue weighted by atomic mass is 9.46. The quantitative estimate of drug-likeness (QED) is 0.550. The molecule has 0 radical (unpaired) electrons. The average molecular weight is 349 g/mol. The molecule has 0 unspecified atom stereocenters. The van der Waals surface area contributed by atoms with E-state index < -0.39 is 0 Å². The lowest BCUT2D eigenvalue weighted by molar-refractivity contribution is -0.133. The van der Waals surface area contributed by atoms with Gasteiger partial charge in [-0.3, -0.25) is 9.59 Å². The Morgan fingerprint density at radius 3 is 2.36 bits per heavy atom. The molecule has 0 aromatic heterocycles. The number of rotatable bonds is 1. The molecule has 0 aliphatic heterocycles. The summed E-state index contributed by atoms with van der Waals surface area (Å²) in [7, 11) is 0. The lowest BCUT2D eigenvalue weighted by Crippen LogP contribution is -2.51.